The van der Waals surface area contributed by atoms with Crippen molar-refractivity contribution in [2.75, 3.05) is 19.6 Å². The Kier molecular flexibility index (Phi) is 8.77. The van der Waals surface area contributed by atoms with Gasteiger partial charge in [0.2, 0.25) is 6.34 Å². The van der Waals surface area contributed by atoms with Crippen molar-refractivity contribution in [3.8, 4) is 0 Å². The molecule has 0 aromatic rings. The molecule has 1 rings (SSSR count). The molecule has 88 valence electrons. The van der Waals surface area contributed by atoms with Gasteiger partial charge >= 0.3 is 0 Å². The Balaban J connectivity index is 0.00000196. The van der Waals surface area contributed by atoms with Crippen LogP contribution in [0.2, 0.25) is 0 Å². The van der Waals surface area contributed by atoms with E-state index in [1.54, 1.807) is 0 Å². The van der Waals surface area contributed by atoms with Gasteiger partial charge in [0.15, 0.2) is 0 Å². The topological polar surface area (TPSA) is 6.25 Å². The van der Waals surface area contributed by atoms with Crippen LogP contribution in [-0.2, 0) is 0 Å². The molecule has 0 aromatic carbocycles. The normalized spacial score (nSPS) is 14.8. The van der Waals surface area contributed by atoms with Gasteiger partial charge in [0.25, 0.3) is 0 Å². The van der Waals surface area contributed by atoms with Crippen molar-refractivity contribution in [1.82, 2.24) is 4.90 Å². The van der Waals surface area contributed by atoms with E-state index < -0.39 is 0 Å². The minimum absolute atomic E-state index is 0. The monoisotopic (exact) mass is 274 g/mol. The molecule has 1 aliphatic rings. The molecule has 0 N–H and O–H groups in total. The highest BCUT2D eigenvalue weighted by atomic mass is 79.9. The number of hydrogen-bond acceptors (Lipinski definition) is 1. The maximum atomic E-state index is 2.40. The molecule has 0 unspecified atom stereocenters. The summed E-state index contributed by atoms with van der Waals surface area (Å²) in [6.07, 6.45) is 11.9. The molecule has 0 fully saturated rings. The van der Waals surface area contributed by atoms with E-state index in [4.69, 9.17) is 0 Å². The van der Waals surface area contributed by atoms with Crippen LogP contribution in [0.4, 0.5) is 0 Å². The lowest BCUT2D eigenvalue weighted by Crippen LogP contribution is -3.00. The molecule has 15 heavy (non-hydrogen) atoms. The van der Waals surface area contributed by atoms with Crippen molar-refractivity contribution in [2.24, 2.45) is 0 Å². The van der Waals surface area contributed by atoms with Crippen LogP contribution in [0.3, 0.4) is 0 Å². The Morgan fingerprint density at radius 3 is 2.60 bits per heavy atom. The molecule has 0 saturated heterocycles. The van der Waals surface area contributed by atoms with E-state index in [0.717, 1.165) is 13.1 Å². The summed E-state index contributed by atoms with van der Waals surface area (Å²) in [7, 11) is 0. The van der Waals surface area contributed by atoms with E-state index in [1.807, 2.05) is 0 Å². The Morgan fingerprint density at radius 2 is 1.93 bits per heavy atom. The Labute approximate surface area is 104 Å². The van der Waals surface area contributed by atoms with Gasteiger partial charge in [0, 0.05) is 0 Å². The molecule has 1 aliphatic heterocycles. The van der Waals surface area contributed by atoms with Gasteiger partial charge in [-0.2, -0.15) is 0 Å². The van der Waals surface area contributed by atoms with Crippen LogP contribution >= 0.6 is 0 Å². The first-order valence-electron chi connectivity index (χ1n) is 5.88. The summed E-state index contributed by atoms with van der Waals surface area (Å²) in [5, 5.41) is 0. The van der Waals surface area contributed by atoms with Crippen LogP contribution < -0.4 is 17.0 Å². The summed E-state index contributed by atoms with van der Waals surface area (Å²) in [6.45, 7) is 7.93. The summed E-state index contributed by atoms with van der Waals surface area (Å²) >= 11 is 0. The van der Waals surface area contributed by atoms with Gasteiger partial charge in [-0.1, -0.05) is 26.7 Å². The smallest absolute Gasteiger partial charge is 0.239 e. The van der Waals surface area contributed by atoms with Crippen LogP contribution in [0, 0.1) is 0 Å². The van der Waals surface area contributed by atoms with E-state index in [-0.39, 0.29) is 17.0 Å². The number of halogens is 1. The average Bonchev–Trinajstić information content (AvgIpc) is 2.24. The van der Waals surface area contributed by atoms with Crippen LogP contribution in [0.25, 0.3) is 0 Å². The average molecular weight is 275 g/mol. The van der Waals surface area contributed by atoms with Crippen molar-refractivity contribution < 1.29 is 21.6 Å². The molecular formula is C12H23BrN2. The zero-order chi connectivity index (χ0) is 10.2. The van der Waals surface area contributed by atoms with E-state index >= 15 is 0 Å². The lowest BCUT2D eigenvalue weighted by atomic mass is 10.3. The third-order valence-electron chi connectivity index (χ3n) is 2.52. The fourth-order valence-electron chi connectivity index (χ4n) is 1.60. The van der Waals surface area contributed by atoms with Gasteiger partial charge in [-0.3, -0.25) is 4.58 Å². The predicted octanol–water partition coefficient (Wildman–Crippen LogP) is -0.539. The third kappa shape index (κ3) is 5.98. The second kappa shape index (κ2) is 8.96. The van der Waals surface area contributed by atoms with Crippen LogP contribution in [-0.4, -0.2) is 35.4 Å². The van der Waals surface area contributed by atoms with Crippen LogP contribution in [0.15, 0.2) is 12.3 Å². The van der Waals surface area contributed by atoms with Gasteiger partial charge in [-0.15, -0.1) is 0 Å². The molecule has 3 heteroatoms. The summed E-state index contributed by atoms with van der Waals surface area (Å²) in [6, 6.07) is 0. The van der Waals surface area contributed by atoms with Crippen molar-refractivity contribution in [2.45, 2.75) is 39.5 Å². The largest absolute Gasteiger partial charge is 1.00 e. The molecule has 1 heterocycles. The first kappa shape index (κ1) is 14.7. The zero-order valence-electron chi connectivity index (χ0n) is 9.95. The second-order valence-corrected chi connectivity index (χ2v) is 3.94. The van der Waals surface area contributed by atoms with Gasteiger partial charge in [-0.05, 0) is 18.9 Å². The van der Waals surface area contributed by atoms with Gasteiger partial charge < -0.3 is 17.0 Å². The Hall–Kier alpha value is -0.310. The SMILES string of the molecule is CCCCN1C=CC[N+](CCCC)=C1.[Br-]. The second-order valence-electron chi connectivity index (χ2n) is 3.94. The number of hydrogen-bond donors (Lipinski definition) is 0. The Morgan fingerprint density at radius 1 is 1.20 bits per heavy atom. The van der Waals surface area contributed by atoms with E-state index in [1.165, 1.54) is 32.2 Å². The lowest BCUT2D eigenvalue weighted by Gasteiger charge is -2.14. The highest BCUT2D eigenvalue weighted by molar-refractivity contribution is 5.51. The zero-order valence-corrected chi connectivity index (χ0v) is 11.5. The highest BCUT2D eigenvalue weighted by Crippen LogP contribution is 1.99. The first-order chi connectivity index (χ1) is 6.86. The molecule has 0 saturated carbocycles. The van der Waals surface area contributed by atoms with Crippen LogP contribution in [0.1, 0.15) is 39.5 Å². The number of rotatable bonds is 6. The first-order valence-corrected chi connectivity index (χ1v) is 5.88. The maximum Gasteiger partial charge on any atom is 0.239 e. The van der Waals surface area contributed by atoms with Crippen LogP contribution in [0.5, 0.6) is 0 Å². The number of unbranched alkanes of at least 4 members (excludes halogenated alkanes) is 2. The molecule has 0 spiro atoms. The summed E-state index contributed by atoms with van der Waals surface area (Å²) < 4.78 is 2.40. The minimum atomic E-state index is 0. The van der Waals surface area contributed by atoms with Gasteiger partial charge in [-0.25, -0.2) is 4.90 Å². The summed E-state index contributed by atoms with van der Waals surface area (Å²) in [5.74, 6) is 0. The quantitative estimate of drug-likeness (QED) is 0.590. The molecule has 0 atom stereocenters. The van der Waals surface area contributed by atoms with Crippen molar-refractivity contribution in [3.05, 3.63) is 12.3 Å². The van der Waals surface area contributed by atoms with Gasteiger partial charge in [0.05, 0.1) is 19.3 Å². The van der Waals surface area contributed by atoms with E-state index in [9.17, 15) is 0 Å². The molecule has 0 bridgehead atoms. The minimum Gasteiger partial charge on any atom is -1.00 e. The standard InChI is InChI=1S/C12H23N2.BrH/c1-3-5-8-13-10-7-11-14(12-13)9-6-4-2;/h7,10,12H,3-6,8-9,11H2,1-2H3;1H/q+1;/p-1. The number of nitrogens with zero attached hydrogens (tertiary/aromatic N) is 2. The fourth-order valence-corrected chi connectivity index (χ4v) is 1.60. The molecule has 0 aromatic heterocycles. The van der Waals surface area contributed by atoms with E-state index in [2.05, 4.69) is 41.9 Å². The highest BCUT2D eigenvalue weighted by Gasteiger charge is 2.09. The lowest BCUT2D eigenvalue weighted by molar-refractivity contribution is -0.519. The molecular weight excluding hydrogens is 252 g/mol. The van der Waals surface area contributed by atoms with Crippen molar-refractivity contribution >= 4 is 6.34 Å². The molecule has 2 nitrogen and oxygen atoms in total. The summed E-state index contributed by atoms with van der Waals surface area (Å²) in [4.78, 5) is 2.31. The molecule has 0 aliphatic carbocycles. The third-order valence-corrected chi connectivity index (χ3v) is 2.52. The predicted molar refractivity (Wildman–Crippen MR) is 61.7 cm³/mol. The molecule has 0 radical (unpaired) electrons. The maximum absolute atomic E-state index is 2.40. The van der Waals surface area contributed by atoms with Gasteiger partial charge in [0.1, 0.15) is 6.54 Å². The fraction of sp³-hybridized carbons (Fsp3) is 0.750. The summed E-state index contributed by atoms with van der Waals surface area (Å²) in [5.41, 5.74) is 0. The van der Waals surface area contributed by atoms with Crippen molar-refractivity contribution in [1.29, 1.82) is 0 Å². The Bertz CT molecular complexity index is 212. The van der Waals surface area contributed by atoms with E-state index in [0.29, 0.717) is 0 Å². The molecule has 0 amide bonds. The van der Waals surface area contributed by atoms with Crippen molar-refractivity contribution in [3.63, 3.8) is 0 Å².